The highest BCUT2D eigenvalue weighted by Crippen LogP contribution is 2.27. The fourth-order valence-electron chi connectivity index (χ4n) is 3.62. The van der Waals surface area contributed by atoms with Gasteiger partial charge < -0.3 is 10.2 Å². The predicted octanol–water partition coefficient (Wildman–Crippen LogP) is 3.53. The molecule has 168 valence electrons. The number of amides is 4. The normalized spacial score (nSPS) is 13.7. The monoisotopic (exact) mass is 475 g/mol. The maximum atomic E-state index is 13.1. The highest BCUT2D eigenvalue weighted by Gasteiger charge is 2.35. The lowest BCUT2D eigenvalue weighted by molar-refractivity contribution is -0.140. The van der Waals surface area contributed by atoms with Crippen molar-refractivity contribution in [1.82, 2.24) is 15.1 Å². The number of carbonyl (C=O) groups is 4. The number of carbonyl (C=O) groups excluding carboxylic acids is 4. The van der Waals surface area contributed by atoms with Gasteiger partial charge in [-0.3, -0.25) is 24.1 Å². The summed E-state index contributed by atoms with van der Waals surface area (Å²) in [5, 5.41) is 3.33. The Bertz CT molecular complexity index is 1020. The van der Waals surface area contributed by atoms with E-state index >= 15 is 0 Å². The molecule has 0 fully saturated rings. The van der Waals surface area contributed by atoms with E-state index in [0.29, 0.717) is 26.7 Å². The molecule has 9 heteroatoms. The highest BCUT2D eigenvalue weighted by molar-refractivity contribution is 6.36. The summed E-state index contributed by atoms with van der Waals surface area (Å²) in [5.41, 5.74) is 1.28. The number of imide groups is 1. The van der Waals surface area contributed by atoms with Crippen LogP contribution in [0.15, 0.2) is 42.5 Å². The fraction of sp³-hybridized carbons (Fsp3) is 0.304. The second kappa shape index (κ2) is 10.1. The molecule has 3 rings (SSSR count). The van der Waals surface area contributed by atoms with Gasteiger partial charge >= 0.3 is 0 Å². The first kappa shape index (κ1) is 23.8. The van der Waals surface area contributed by atoms with Gasteiger partial charge in [0.1, 0.15) is 6.04 Å². The molecule has 7 nitrogen and oxygen atoms in total. The number of rotatable bonds is 8. The lowest BCUT2D eigenvalue weighted by Gasteiger charge is -2.29. The van der Waals surface area contributed by atoms with Crippen LogP contribution in [-0.2, 0) is 16.1 Å². The molecule has 1 aliphatic heterocycles. The number of halogens is 2. The van der Waals surface area contributed by atoms with Crippen LogP contribution in [0.1, 0.15) is 46.0 Å². The van der Waals surface area contributed by atoms with Crippen molar-refractivity contribution < 1.29 is 19.2 Å². The molecule has 0 bridgehead atoms. The van der Waals surface area contributed by atoms with Gasteiger partial charge in [0, 0.05) is 42.2 Å². The van der Waals surface area contributed by atoms with Crippen molar-refractivity contribution in [3.8, 4) is 0 Å². The second-order valence-corrected chi connectivity index (χ2v) is 8.24. The summed E-state index contributed by atoms with van der Waals surface area (Å²) in [6.07, 6.45) is 0.300. The van der Waals surface area contributed by atoms with E-state index in [0.717, 1.165) is 4.90 Å². The Kier molecular flexibility index (Phi) is 7.53. The molecule has 2 aromatic rings. The summed E-state index contributed by atoms with van der Waals surface area (Å²) in [6.45, 7) is 1.78. The molecule has 0 saturated heterocycles. The van der Waals surface area contributed by atoms with Crippen LogP contribution in [-0.4, -0.2) is 53.1 Å². The minimum Gasteiger partial charge on any atom is -0.357 e. The molecule has 1 aliphatic rings. The molecule has 1 heterocycles. The van der Waals surface area contributed by atoms with E-state index in [1.54, 1.807) is 49.4 Å². The number of hydrogen-bond acceptors (Lipinski definition) is 4. The van der Waals surface area contributed by atoms with Crippen molar-refractivity contribution in [2.75, 3.05) is 13.6 Å². The van der Waals surface area contributed by atoms with Crippen LogP contribution in [0.4, 0.5) is 0 Å². The van der Waals surface area contributed by atoms with Crippen LogP contribution < -0.4 is 5.32 Å². The van der Waals surface area contributed by atoms with Crippen LogP contribution in [0.25, 0.3) is 0 Å². The summed E-state index contributed by atoms with van der Waals surface area (Å²) in [5.74, 6) is -1.37. The van der Waals surface area contributed by atoms with Gasteiger partial charge in [0.15, 0.2) is 0 Å². The average molecular weight is 476 g/mol. The summed E-state index contributed by atoms with van der Waals surface area (Å²) in [7, 11) is 1.49. The van der Waals surface area contributed by atoms with Gasteiger partial charge in [0.05, 0.1) is 11.1 Å². The molecule has 4 amide bonds. The van der Waals surface area contributed by atoms with E-state index in [-0.39, 0.29) is 49.6 Å². The molecule has 2 aromatic carbocycles. The van der Waals surface area contributed by atoms with Gasteiger partial charge in [-0.15, -0.1) is 0 Å². The zero-order valence-electron chi connectivity index (χ0n) is 17.7. The Balaban J connectivity index is 1.70. The average Bonchev–Trinajstić information content (AvgIpc) is 3.03. The Morgan fingerprint density at radius 2 is 1.56 bits per heavy atom. The molecule has 32 heavy (non-hydrogen) atoms. The Labute approximate surface area is 196 Å². The number of fused-ring (bicyclic) bond motifs is 1. The summed E-state index contributed by atoms with van der Waals surface area (Å²) in [4.78, 5) is 52.8. The number of benzene rings is 2. The van der Waals surface area contributed by atoms with E-state index in [4.69, 9.17) is 23.2 Å². The first-order valence-corrected chi connectivity index (χ1v) is 10.9. The van der Waals surface area contributed by atoms with Crippen LogP contribution in [0.5, 0.6) is 0 Å². The van der Waals surface area contributed by atoms with Gasteiger partial charge in [-0.05, 0) is 37.6 Å². The van der Waals surface area contributed by atoms with Crippen LogP contribution >= 0.6 is 23.2 Å². The highest BCUT2D eigenvalue weighted by atomic mass is 35.5. The van der Waals surface area contributed by atoms with Crippen molar-refractivity contribution in [2.24, 2.45) is 0 Å². The third kappa shape index (κ3) is 4.79. The third-order valence-corrected chi connectivity index (χ3v) is 6.16. The number of hydrogen-bond donors (Lipinski definition) is 1. The summed E-state index contributed by atoms with van der Waals surface area (Å²) >= 11 is 12.5. The van der Waals surface area contributed by atoms with Gasteiger partial charge in [0.2, 0.25) is 11.8 Å². The second-order valence-electron chi connectivity index (χ2n) is 7.42. The molecule has 1 atom stereocenters. The first-order valence-electron chi connectivity index (χ1n) is 10.2. The van der Waals surface area contributed by atoms with Crippen molar-refractivity contribution in [3.05, 3.63) is 69.2 Å². The Morgan fingerprint density at radius 1 is 1.00 bits per heavy atom. The molecule has 0 radical (unpaired) electrons. The van der Waals surface area contributed by atoms with E-state index < -0.39 is 6.04 Å². The van der Waals surface area contributed by atoms with Crippen LogP contribution in [0.2, 0.25) is 10.0 Å². The van der Waals surface area contributed by atoms with Crippen LogP contribution in [0, 0.1) is 0 Å². The molecule has 0 saturated carbocycles. The van der Waals surface area contributed by atoms with E-state index in [9.17, 15) is 19.2 Å². The van der Waals surface area contributed by atoms with Crippen molar-refractivity contribution in [2.45, 2.75) is 32.4 Å². The summed E-state index contributed by atoms with van der Waals surface area (Å²) in [6, 6.07) is 10.9. The van der Waals surface area contributed by atoms with Crippen molar-refractivity contribution >= 4 is 46.8 Å². The fourth-order valence-corrected chi connectivity index (χ4v) is 4.14. The van der Waals surface area contributed by atoms with Gasteiger partial charge in [-0.1, -0.05) is 41.4 Å². The standard InChI is InChI=1S/C23H23Cl2N3O4/c1-14(21(30)26-2)28(13-17-18(24)9-5-10-19(17)25)20(29)11-6-12-27-22(31)15-7-3-4-8-16(15)23(27)32/h3-5,7-10,14H,6,11-13H2,1-2H3,(H,26,30)/t14-/m1/s1. The number of nitrogens with one attached hydrogen (secondary N) is 1. The molecule has 0 spiro atoms. The first-order chi connectivity index (χ1) is 15.3. The van der Waals surface area contributed by atoms with Crippen molar-refractivity contribution in [3.63, 3.8) is 0 Å². The minimum absolute atomic E-state index is 0.0385. The Morgan fingerprint density at radius 3 is 2.09 bits per heavy atom. The zero-order chi connectivity index (χ0) is 23.4. The SMILES string of the molecule is CNC(=O)[C@@H](C)N(Cc1c(Cl)cccc1Cl)C(=O)CCCN1C(=O)c2ccccc2C1=O. The molecular weight excluding hydrogens is 453 g/mol. The molecule has 0 unspecified atom stereocenters. The lowest BCUT2D eigenvalue weighted by Crippen LogP contribution is -2.47. The Hall–Kier alpha value is -2.90. The van der Waals surface area contributed by atoms with E-state index in [1.807, 2.05) is 0 Å². The number of nitrogens with zero attached hydrogens (tertiary/aromatic N) is 2. The molecule has 0 aromatic heterocycles. The zero-order valence-corrected chi connectivity index (χ0v) is 19.2. The maximum Gasteiger partial charge on any atom is 0.261 e. The smallest absolute Gasteiger partial charge is 0.261 e. The van der Waals surface area contributed by atoms with E-state index in [2.05, 4.69) is 5.32 Å². The van der Waals surface area contributed by atoms with Crippen LogP contribution in [0.3, 0.4) is 0 Å². The molecule has 0 aliphatic carbocycles. The lowest BCUT2D eigenvalue weighted by atomic mass is 10.1. The third-order valence-electron chi connectivity index (χ3n) is 5.45. The quantitative estimate of drug-likeness (QED) is 0.591. The topological polar surface area (TPSA) is 86.8 Å². The van der Waals surface area contributed by atoms with E-state index in [1.165, 1.54) is 11.9 Å². The largest absolute Gasteiger partial charge is 0.357 e. The molecular formula is C23H23Cl2N3O4. The van der Waals surface area contributed by atoms with Gasteiger partial charge in [0.25, 0.3) is 11.8 Å². The molecule has 1 N–H and O–H groups in total. The van der Waals surface area contributed by atoms with Gasteiger partial charge in [-0.25, -0.2) is 0 Å². The predicted molar refractivity (Wildman–Crippen MR) is 122 cm³/mol. The minimum atomic E-state index is -0.765. The van der Waals surface area contributed by atoms with Gasteiger partial charge in [-0.2, -0.15) is 0 Å². The number of likely N-dealkylation sites (N-methyl/N-ethyl adjacent to an activating group) is 1. The van der Waals surface area contributed by atoms with Crippen molar-refractivity contribution in [1.29, 1.82) is 0 Å². The maximum absolute atomic E-state index is 13.1. The summed E-state index contributed by atoms with van der Waals surface area (Å²) < 4.78 is 0.